The third kappa shape index (κ3) is 6.03. The van der Waals surface area contributed by atoms with Gasteiger partial charge in [-0.3, -0.25) is 4.79 Å². The van der Waals surface area contributed by atoms with Gasteiger partial charge in [-0.15, -0.1) is 0 Å². The van der Waals surface area contributed by atoms with Crippen molar-refractivity contribution in [2.45, 2.75) is 75.0 Å². The van der Waals surface area contributed by atoms with Crippen LogP contribution in [0.1, 0.15) is 51.4 Å². The lowest BCUT2D eigenvalue weighted by Crippen LogP contribution is -2.36. The lowest BCUT2D eigenvalue weighted by molar-refractivity contribution is -0.121. The van der Waals surface area contributed by atoms with Crippen LogP contribution in [0.25, 0.3) is 0 Å². The van der Waals surface area contributed by atoms with E-state index in [0.29, 0.717) is 24.9 Å². The van der Waals surface area contributed by atoms with Crippen LogP contribution in [0.4, 0.5) is 4.79 Å². The van der Waals surface area contributed by atoms with Crippen LogP contribution in [0.5, 0.6) is 0 Å². The van der Waals surface area contributed by atoms with E-state index in [-0.39, 0.29) is 30.3 Å². The van der Waals surface area contributed by atoms with E-state index in [2.05, 4.69) is 16.0 Å². The predicted octanol–water partition coefficient (Wildman–Crippen LogP) is 1.76. The monoisotopic (exact) mass is 385 g/mol. The van der Waals surface area contributed by atoms with Crippen LogP contribution >= 0.6 is 11.8 Å². The van der Waals surface area contributed by atoms with Crippen LogP contribution < -0.4 is 16.0 Å². The summed E-state index contributed by atoms with van der Waals surface area (Å²) < 4.78 is 10.8. The molecule has 3 heterocycles. The quantitative estimate of drug-likeness (QED) is 0.373. The molecular formula is C18H31N3O4S. The number of fused-ring (bicyclic) bond motifs is 1. The summed E-state index contributed by atoms with van der Waals surface area (Å²) in [5.74, 6) is 1.15. The van der Waals surface area contributed by atoms with Crippen molar-refractivity contribution in [3.63, 3.8) is 0 Å². The van der Waals surface area contributed by atoms with E-state index in [1.165, 1.54) is 0 Å². The molecule has 3 aliphatic heterocycles. The molecule has 0 aromatic carbocycles. The minimum absolute atomic E-state index is 0.00812. The van der Waals surface area contributed by atoms with E-state index in [4.69, 9.17) is 9.47 Å². The van der Waals surface area contributed by atoms with Crippen molar-refractivity contribution in [1.29, 1.82) is 0 Å². The fourth-order valence-electron chi connectivity index (χ4n) is 3.78. The Kier molecular flexibility index (Phi) is 7.88. The minimum Gasteiger partial charge on any atom is -0.356 e. The highest BCUT2D eigenvalue weighted by atomic mass is 32.2. The lowest BCUT2D eigenvalue weighted by atomic mass is 10.0. The van der Waals surface area contributed by atoms with E-state index in [1.807, 2.05) is 11.8 Å². The summed E-state index contributed by atoms with van der Waals surface area (Å²) in [4.78, 5) is 23.2. The first-order chi connectivity index (χ1) is 12.7. The molecule has 0 aliphatic carbocycles. The Morgan fingerprint density at radius 3 is 2.73 bits per heavy atom. The number of unbranched alkanes of at least 4 members (excludes halogenated alkanes) is 3. The molecule has 3 rings (SSSR count). The molecular weight excluding hydrogens is 354 g/mol. The van der Waals surface area contributed by atoms with Crippen molar-refractivity contribution in [1.82, 2.24) is 16.0 Å². The number of hydrogen-bond donors (Lipinski definition) is 3. The van der Waals surface area contributed by atoms with Gasteiger partial charge in [0.25, 0.3) is 0 Å². The Morgan fingerprint density at radius 1 is 1.08 bits per heavy atom. The predicted molar refractivity (Wildman–Crippen MR) is 101 cm³/mol. The second-order valence-corrected chi connectivity index (χ2v) is 8.51. The van der Waals surface area contributed by atoms with Crippen LogP contribution in [-0.2, 0) is 14.3 Å². The summed E-state index contributed by atoms with van der Waals surface area (Å²) in [5, 5.41) is 9.46. The van der Waals surface area contributed by atoms with Gasteiger partial charge < -0.3 is 25.4 Å². The molecule has 3 aliphatic rings. The molecule has 7 nitrogen and oxygen atoms in total. The van der Waals surface area contributed by atoms with Gasteiger partial charge in [-0.05, 0) is 32.1 Å². The Balaban J connectivity index is 1.14. The topological polar surface area (TPSA) is 88.7 Å². The molecule has 3 amide bonds. The number of carbonyl (C=O) groups is 2. The molecule has 3 N–H and O–H groups in total. The molecule has 0 aromatic heterocycles. The first-order valence-electron chi connectivity index (χ1n) is 9.91. The van der Waals surface area contributed by atoms with Crippen molar-refractivity contribution in [2.75, 3.05) is 25.5 Å². The van der Waals surface area contributed by atoms with Crippen LogP contribution in [0.15, 0.2) is 0 Å². The van der Waals surface area contributed by atoms with Crippen LogP contribution in [0, 0.1) is 0 Å². The zero-order valence-corrected chi connectivity index (χ0v) is 16.2. The smallest absolute Gasteiger partial charge is 0.315 e. The largest absolute Gasteiger partial charge is 0.356 e. The number of amides is 3. The molecule has 0 aromatic rings. The lowest BCUT2D eigenvalue weighted by Gasteiger charge is -2.16. The molecule has 0 spiro atoms. The molecule has 0 bridgehead atoms. The number of rotatable bonds is 11. The van der Waals surface area contributed by atoms with Gasteiger partial charge in [-0.1, -0.05) is 12.8 Å². The standard InChI is InChI=1S/C18H31N3O4S/c22-15(19-9-5-1-2-8-16-24-10-11-25-16)7-4-3-6-14-17-13(12-26-14)20-18(23)21-17/h13-14,16-17H,1-12H2,(H,19,22)(H2,20,21,23). The summed E-state index contributed by atoms with van der Waals surface area (Å²) in [6.07, 6.45) is 7.72. The molecule has 26 heavy (non-hydrogen) atoms. The molecule has 3 unspecified atom stereocenters. The van der Waals surface area contributed by atoms with E-state index in [9.17, 15) is 9.59 Å². The summed E-state index contributed by atoms with van der Waals surface area (Å²) in [5.41, 5.74) is 0. The molecule has 148 valence electrons. The highest BCUT2D eigenvalue weighted by Crippen LogP contribution is 2.33. The number of hydrogen-bond acceptors (Lipinski definition) is 5. The summed E-state index contributed by atoms with van der Waals surface area (Å²) in [6.45, 7) is 2.19. The highest BCUT2D eigenvalue weighted by Gasteiger charge is 2.42. The van der Waals surface area contributed by atoms with Gasteiger partial charge in [0.15, 0.2) is 6.29 Å². The molecule has 3 saturated heterocycles. The van der Waals surface area contributed by atoms with Crippen molar-refractivity contribution < 1.29 is 19.1 Å². The van der Waals surface area contributed by atoms with Gasteiger partial charge in [0.1, 0.15) is 0 Å². The fraction of sp³-hybridized carbons (Fsp3) is 0.889. The van der Waals surface area contributed by atoms with Gasteiger partial charge in [0, 0.05) is 24.0 Å². The van der Waals surface area contributed by atoms with Crippen molar-refractivity contribution >= 4 is 23.7 Å². The zero-order chi connectivity index (χ0) is 18.2. The highest BCUT2D eigenvalue weighted by molar-refractivity contribution is 8.00. The van der Waals surface area contributed by atoms with Gasteiger partial charge in [0.05, 0.1) is 25.3 Å². The Bertz CT molecular complexity index is 473. The maximum absolute atomic E-state index is 11.9. The van der Waals surface area contributed by atoms with Crippen LogP contribution in [0.3, 0.4) is 0 Å². The maximum atomic E-state index is 11.9. The van der Waals surface area contributed by atoms with Gasteiger partial charge in [-0.2, -0.15) is 11.8 Å². The third-order valence-electron chi connectivity index (χ3n) is 5.21. The van der Waals surface area contributed by atoms with Crippen LogP contribution in [-0.4, -0.2) is 61.1 Å². The average molecular weight is 386 g/mol. The van der Waals surface area contributed by atoms with Crippen LogP contribution in [0.2, 0.25) is 0 Å². The maximum Gasteiger partial charge on any atom is 0.315 e. The number of ether oxygens (including phenoxy) is 2. The molecule has 0 radical (unpaired) electrons. The zero-order valence-electron chi connectivity index (χ0n) is 15.3. The minimum atomic E-state index is -0.0343. The number of nitrogens with one attached hydrogen (secondary N) is 3. The van der Waals surface area contributed by atoms with Gasteiger partial charge >= 0.3 is 6.03 Å². The van der Waals surface area contributed by atoms with E-state index in [1.54, 1.807) is 0 Å². The van der Waals surface area contributed by atoms with Crippen molar-refractivity contribution in [3.05, 3.63) is 0 Å². The van der Waals surface area contributed by atoms with Gasteiger partial charge in [0.2, 0.25) is 5.91 Å². The molecule has 8 heteroatoms. The number of thioether (sulfide) groups is 1. The second kappa shape index (κ2) is 10.4. The second-order valence-electron chi connectivity index (χ2n) is 7.24. The third-order valence-corrected chi connectivity index (χ3v) is 6.72. The first-order valence-corrected chi connectivity index (χ1v) is 11.0. The SMILES string of the molecule is O=C(CCCCC1SCC2NC(=O)NC21)NCCCCCC1OCCO1. The number of urea groups is 1. The Hall–Kier alpha value is -0.990. The van der Waals surface area contributed by atoms with Crippen molar-refractivity contribution in [3.8, 4) is 0 Å². The van der Waals surface area contributed by atoms with E-state index in [0.717, 1.165) is 57.2 Å². The normalized spacial score (nSPS) is 28.0. The fourth-order valence-corrected chi connectivity index (χ4v) is 5.32. The van der Waals surface area contributed by atoms with E-state index >= 15 is 0 Å². The summed E-state index contributed by atoms with van der Waals surface area (Å²) in [7, 11) is 0. The first kappa shape index (κ1) is 19.8. The summed E-state index contributed by atoms with van der Waals surface area (Å²) >= 11 is 1.93. The average Bonchev–Trinajstić information content (AvgIpc) is 3.33. The summed E-state index contributed by atoms with van der Waals surface area (Å²) in [6, 6.07) is 0.516. The molecule has 3 atom stereocenters. The number of carbonyl (C=O) groups excluding carboxylic acids is 2. The Labute approximate surface area is 159 Å². The molecule has 3 fully saturated rings. The van der Waals surface area contributed by atoms with Crippen molar-refractivity contribution in [2.24, 2.45) is 0 Å². The van der Waals surface area contributed by atoms with Gasteiger partial charge in [-0.25, -0.2) is 4.79 Å². The Morgan fingerprint density at radius 2 is 1.88 bits per heavy atom. The van der Waals surface area contributed by atoms with E-state index < -0.39 is 0 Å². The molecule has 0 saturated carbocycles.